The van der Waals surface area contributed by atoms with Gasteiger partial charge in [0.2, 0.25) is 0 Å². The van der Waals surface area contributed by atoms with E-state index in [4.69, 9.17) is 11.6 Å². The Labute approximate surface area is 128 Å². The molecule has 1 unspecified atom stereocenters. The van der Waals surface area contributed by atoms with Gasteiger partial charge in [0.15, 0.2) is 0 Å². The van der Waals surface area contributed by atoms with Gasteiger partial charge in [0, 0.05) is 23.0 Å². The number of benzene rings is 1. The molecular weight excluding hydrogens is 286 g/mol. The summed E-state index contributed by atoms with van der Waals surface area (Å²) in [4.78, 5) is 16.7. The van der Waals surface area contributed by atoms with E-state index >= 15 is 0 Å². The topological polar surface area (TPSA) is 45.6 Å². The lowest BCUT2D eigenvalue weighted by Gasteiger charge is -2.13. The summed E-state index contributed by atoms with van der Waals surface area (Å²) in [5, 5.41) is 6.59. The van der Waals surface area contributed by atoms with Gasteiger partial charge < -0.3 is 0 Å². The van der Waals surface area contributed by atoms with Gasteiger partial charge in [0.1, 0.15) is 0 Å². The molecule has 106 valence electrons. The van der Waals surface area contributed by atoms with Crippen LogP contribution in [0.5, 0.6) is 0 Å². The number of hydrogen-bond donors (Lipinski definition) is 0. The quantitative estimate of drug-likeness (QED) is 0.870. The van der Waals surface area contributed by atoms with Gasteiger partial charge >= 0.3 is 0 Å². The maximum atomic E-state index is 12.6. The van der Waals surface area contributed by atoms with Crippen LogP contribution >= 0.6 is 11.6 Å². The largest absolute Gasteiger partial charge is 0.272 e. The summed E-state index contributed by atoms with van der Waals surface area (Å²) < 4.78 is 0. The first-order valence-corrected chi connectivity index (χ1v) is 7.17. The number of rotatable bonds is 3. The molecule has 2 heterocycles. The van der Waals surface area contributed by atoms with E-state index in [1.807, 2.05) is 19.1 Å². The average molecular weight is 300 g/mol. The number of carbonyl (C=O) groups excluding carboxylic acids is 1. The minimum Gasteiger partial charge on any atom is -0.272 e. The lowest BCUT2D eigenvalue weighted by atomic mass is 9.95. The van der Waals surface area contributed by atoms with E-state index in [2.05, 4.69) is 10.1 Å². The van der Waals surface area contributed by atoms with Gasteiger partial charge in [0.25, 0.3) is 5.91 Å². The Bertz CT molecular complexity index is 682. The van der Waals surface area contributed by atoms with Crippen LogP contribution in [0.3, 0.4) is 0 Å². The van der Waals surface area contributed by atoms with Crippen LogP contribution in [-0.2, 0) is 4.79 Å². The Hall–Kier alpha value is -2.20. The predicted molar refractivity (Wildman–Crippen MR) is 83.5 cm³/mol. The van der Waals surface area contributed by atoms with Crippen molar-refractivity contribution < 1.29 is 4.79 Å². The highest BCUT2D eigenvalue weighted by Gasteiger charge is 2.36. The molecule has 1 atom stereocenters. The van der Waals surface area contributed by atoms with Crippen LogP contribution in [0.2, 0.25) is 5.02 Å². The van der Waals surface area contributed by atoms with E-state index in [0.717, 1.165) is 17.0 Å². The normalized spacial score (nSPS) is 18.0. The molecule has 0 N–H and O–H groups in total. The van der Waals surface area contributed by atoms with Gasteiger partial charge in [-0.05, 0) is 42.8 Å². The van der Waals surface area contributed by atoms with Crippen LogP contribution < -0.4 is 5.01 Å². The summed E-state index contributed by atoms with van der Waals surface area (Å²) in [5.74, 6) is -0.247. The Morgan fingerprint density at radius 3 is 2.62 bits per heavy atom. The fraction of sp³-hybridized carbons (Fsp3) is 0.188. The van der Waals surface area contributed by atoms with Gasteiger partial charge in [-0.1, -0.05) is 18.5 Å². The third kappa shape index (κ3) is 2.54. The summed E-state index contributed by atoms with van der Waals surface area (Å²) in [6, 6.07) is 10.9. The van der Waals surface area contributed by atoms with E-state index in [9.17, 15) is 4.79 Å². The van der Waals surface area contributed by atoms with E-state index < -0.39 is 0 Å². The standard InChI is InChI=1S/C16H14ClN3O/c1-2-14-15(11-4-3-9-18-10-11)19-20(16(14)21)13-7-5-12(17)6-8-13/h3-10,14H,2H2,1H3. The van der Waals surface area contributed by atoms with Crippen molar-refractivity contribution in [1.29, 1.82) is 0 Å². The van der Waals surface area contributed by atoms with Gasteiger partial charge in [-0.25, -0.2) is 0 Å². The minimum absolute atomic E-state index is 0.0151. The molecule has 1 aliphatic rings. The second-order valence-corrected chi connectivity index (χ2v) is 5.25. The monoisotopic (exact) mass is 299 g/mol. The molecule has 0 radical (unpaired) electrons. The number of halogens is 1. The SMILES string of the molecule is CCC1C(=O)N(c2ccc(Cl)cc2)N=C1c1cccnc1. The van der Waals surface area contributed by atoms with E-state index in [1.165, 1.54) is 5.01 Å². The number of pyridine rings is 1. The smallest absolute Gasteiger partial charge is 0.256 e. The fourth-order valence-electron chi connectivity index (χ4n) is 2.40. The molecule has 1 amide bonds. The maximum Gasteiger partial charge on any atom is 0.256 e. The van der Waals surface area contributed by atoms with Gasteiger partial charge in [-0.15, -0.1) is 0 Å². The molecule has 0 saturated carbocycles. The van der Waals surface area contributed by atoms with Crippen molar-refractivity contribution in [3.63, 3.8) is 0 Å². The minimum atomic E-state index is -0.232. The molecule has 0 saturated heterocycles. The fourth-order valence-corrected chi connectivity index (χ4v) is 2.53. The summed E-state index contributed by atoms with van der Waals surface area (Å²) in [6.07, 6.45) is 4.15. The van der Waals surface area contributed by atoms with Crippen LogP contribution in [0.15, 0.2) is 53.9 Å². The Kier molecular flexibility index (Phi) is 3.71. The maximum absolute atomic E-state index is 12.6. The molecule has 0 spiro atoms. The molecule has 0 bridgehead atoms. The zero-order valence-electron chi connectivity index (χ0n) is 11.5. The zero-order chi connectivity index (χ0) is 14.8. The molecule has 3 rings (SSSR count). The third-order valence-corrected chi connectivity index (χ3v) is 3.73. The summed E-state index contributed by atoms with van der Waals surface area (Å²) in [5.41, 5.74) is 2.38. The first-order chi connectivity index (χ1) is 10.2. The van der Waals surface area contributed by atoms with E-state index in [0.29, 0.717) is 11.4 Å². The second-order valence-electron chi connectivity index (χ2n) is 4.81. The zero-order valence-corrected chi connectivity index (χ0v) is 12.3. The molecule has 5 heteroatoms. The number of amides is 1. The molecule has 1 aliphatic heterocycles. The lowest BCUT2D eigenvalue weighted by Crippen LogP contribution is -2.27. The van der Waals surface area contributed by atoms with Gasteiger partial charge in [0.05, 0.1) is 17.3 Å². The first-order valence-electron chi connectivity index (χ1n) is 6.79. The van der Waals surface area contributed by atoms with Crippen LogP contribution in [0.1, 0.15) is 18.9 Å². The highest BCUT2D eigenvalue weighted by molar-refractivity contribution is 6.30. The highest BCUT2D eigenvalue weighted by Crippen LogP contribution is 2.28. The van der Waals surface area contributed by atoms with Crippen molar-refractivity contribution >= 4 is 28.9 Å². The number of hydrogen-bond acceptors (Lipinski definition) is 3. The molecule has 0 aliphatic carbocycles. The van der Waals surface area contributed by atoms with E-state index in [-0.39, 0.29) is 11.8 Å². The van der Waals surface area contributed by atoms with Crippen molar-refractivity contribution in [3.8, 4) is 0 Å². The molecule has 1 aromatic heterocycles. The lowest BCUT2D eigenvalue weighted by molar-refractivity contribution is -0.119. The number of hydrazone groups is 1. The second kappa shape index (κ2) is 5.66. The average Bonchev–Trinajstić information content (AvgIpc) is 2.86. The highest BCUT2D eigenvalue weighted by atomic mass is 35.5. The molecule has 0 fully saturated rings. The summed E-state index contributed by atoms with van der Waals surface area (Å²) >= 11 is 5.89. The summed E-state index contributed by atoms with van der Waals surface area (Å²) in [6.45, 7) is 1.99. The predicted octanol–water partition coefficient (Wildman–Crippen LogP) is 3.51. The summed E-state index contributed by atoms with van der Waals surface area (Å²) in [7, 11) is 0. The number of carbonyl (C=O) groups is 1. The van der Waals surface area contributed by atoms with Crippen LogP contribution in [-0.4, -0.2) is 16.6 Å². The Balaban J connectivity index is 2.01. The van der Waals surface area contributed by atoms with Gasteiger partial charge in [-0.2, -0.15) is 10.1 Å². The van der Waals surface area contributed by atoms with Crippen molar-refractivity contribution in [3.05, 3.63) is 59.4 Å². The number of anilines is 1. The molecular formula is C16H14ClN3O. The van der Waals surface area contributed by atoms with Crippen LogP contribution in [0.25, 0.3) is 0 Å². The van der Waals surface area contributed by atoms with Crippen molar-refractivity contribution in [2.75, 3.05) is 5.01 Å². The van der Waals surface area contributed by atoms with Crippen LogP contribution in [0, 0.1) is 5.92 Å². The molecule has 4 nitrogen and oxygen atoms in total. The molecule has 2 aromatic rings. The van der Waals surface area contributed by atoms with Crippen molar-refractivity contribution in [2.24, 2.45) is 11.0 Å². The van der Waals surface area contributed by atoms with E-state index in [1.54, 1.807) is 36.7 Å². The number of nitrogens with zero attached hydrogens (tertiary/aromatic N) is 3. The molecule has 1 aromatic carbocycles. The van der Waals surface area contributed by atoms with Crippen molar-refractivity contribution in [2.45, 2.75) is 13.3 Å². The van der Waals surface area contributed by atoms with Gasteiger partial charge in [-0.3, -0.25) is 9.78 Å². The first kappa shape index (κ1) is 13.8. The Morgan fingerprint density at radius 1 is 1.24 bits per heavy atom. The van der Waals surface area contributed by atoms with Crippen molar-refractivity contribution in [1.82, 2.24) is 4.98 Å². The van der Waals surface area contributed by atoms with Crippen LogP contribution in [0.4, 0.5) is 5.69 Å². The third-order valence-electron chi connectivity index (χ3n) is 3.48. The number of aromatic nitrogens is 1. The Morgan fingerprint density at radius 2 is 2.00 bits per heavy atom. The molecule has 21 heavy (non-hydrogen) atoms.